The number of hydrogen-bond acceptors (Lipinski definition) is 2. The van der Waals surface area contributed by atoms with Gasteiger partial charge in [0.15, 0.2) is 0 Å². The lowest BCUT2D eigenvalue weighted by Crippen LogP contribution is -2.19. The van der Waals surface area contributed by atoms with Gasteiger partial charge in [0.05, 0.1) is 0 Å². The zero-order chi connectivity index (χ0) is 20.6. The Morgan fingerprint density at radius 1 is 0.621 bits per heavy atom. The third-order valence-corrected chi connectivity index (χ3v) is 4.50. The van der Waals surface area contributed by atoms with Gasteiger partial charge in [0.2, 0.25) is 0 Å². The maximum Gasteiger partial charge on any atom is 0.250 e. The molecule has 0 aromatic heterocycles. The molecule has 0 aliphatic carbocycles. The van der Waals surface area contributed by atoms with Crippen LogP contribution in [0.15, 0.2) is 72.8 Å². The number of unbranched alkanes of at least 4 members (excludes halogenated alkanes) is 5. The molecule has 2 aromatic carbocycles. The smallest absolute Gasteiger partial charge is 0.250 e. The quantitative estimate of drug-likeness (QED) is 0.393. The van der Waals surface area contributed by atoms with Crippen LogP contribution in [0.1, 0.15) is 49.7 Å². The highest BCUT2D eigenvalue weighted by molar-refractivity contribution is 6.12. The molecule has 29 heavy (non-hydrogen) atoms. The van der Waals surface area contributed by atoms with Crippen molar-refractivity contribution in [2.45, 2.75) is 51.4 Å². The molecule has 1 aliphatic rings. The van der Waals surface area contributed by atoms with Gasteiger partial charge in [0, 0.05) is 25.0 Å². The predicted molar refractivity (Wildman–Crippen MR) is 118 cm³/mol. The summed E-state index contributed by atoms with van der Waals surface area (Å²) in [6.45, 7) is 0. The fourth-order valence-corrected chi connectivity index (χ4v) is 2.92. The molecule has 150 valence electrons. The van der Waals surface area contributed by atoms with Crippen molar-refractivity contribution >= 4 is 11.8 Å². The van der Waals surface area contributed by atoms with Crippen molar-refractivity contribution in [3.8, 4) is 11.8 Å². The van der Waals surface area contributed by atoms with Gasteiger partial charge in [-0.05, 0) is 30.4 Å². The molecule has 3 rings (SSSR count). The summed E-state index contributed by atoms with van der Waals surface area (Å²) < 4.78 is 0. The van der Waals surface area contributed by atoms with Crippen molar-refractivity contribution in [3.05, 3.63) is 83.9 Å². The number of carbonyl (C=O) groups is 2. The molecule has 0 fully saturated rings. The zero-order valence-corrected chi connectivity index (χ0v) is 16.9. The number of carbonyl (C=O) groups excluding carboxylic acids is 2. The van der Waals surface area contributed by atoms with Gasteiger partial charge >= 0.3 is 0 Å². The third kappa shape index (κ3) is 10.7. The minimum atomic E-state index is -0.329. The number of imide groups is 1. The maximum absolute atomic E-state index is 10.0. The summed E-state index contributed by atoms with van der Waals surface area (Å²) >= 11 is 0. The van der Waals surface area contributed by atoms with Crippen LogP contribution in [-0.4, -0.2) is 11.8 Å². The Balaban J connectivity index is 0.000000360. The van der Waals surface area contributed by atoms with E-state index in [9.17, 15) is 9.59 Å². The molecule has 1 aliphatic heterocycles. The SMILES string of the molecule is C(#CCc1ccccc1)CCCCCCCc1ccccc1.O=C1C=CC(=O)N1. The van der Waals surface area contributed by atoms with Gasteiger partial charge in [0.25, 0.3) is 11.8 Å². The monoisotopic (exact) mass is 387 g/mol. The number of aryl methyl sites for hydroxylation is 1. The molecule has 0 radical (unpaired) electrons. The second-order valence-electron chi connectivity index (χ2n) is 6.96. The van der Waals surface area contributed by atoms with Crippen LogP contribution in [0.3, 0.4) is 0 Å². The fraction of sp³-hybridized carbons (Fsp3) is 0.308. The highest BCUT2D eigenvalue weighted by Gasteiger charge is 2.06. The molecule has 1 N–H and O–H groups in total. The molecule has 0 spiro atoms. The molecule has 0 saturated carbocycles. The molecular formula is C26H29NO2. The van der Waals surface area contributed by atoms with Crippen LogP contribution in [-0.2, 0) is 22.4 Å². The Morgan fingerprint density at radius 2 is 1.17 bits per heavy atom. The van der Waals surface area contributed by atoms with Gasteiger partial charge in [-0.3, -0.25) is 14.9 Å². The lowest BCUT2D eigenvalue weighted by atomic mass is 10.0. The van der Waals surface area contributed by atoms with E-state index in [4.69, 9.17) is 0 Å². The topological polar surface area (TPSA) is 46.2 Å². The number of nitrogens with one attached hydrogen (secondary N) is 1. The Morgan fingerprint density at radius 3 is 1.76 bits per heavy atom. The normalized spacial score (nSPS) is 11.9. The fourth-order valence-electron chi connectivity index (χ4n) is 2.92. The summed E-state index contributed by atoms with van der Waals surface area (Å²) in [7, 11) is 0. The van der Waals surface area contributed by atoms with Gasteiger partial charge in [-0.1, -0.05) is 85.8 Å². The Bertz CT molecular complexity index is 813. The summed E-state index contributed by atoms with van der Waals surface area (Å²) in [5.74, 6) is 5.92. The van der Waals surface area contributed by atoms with Crippen molar-refractivity contribution in [1.29, 1.82) is 0 Å². The standard InChI is InChI=1S/C22H26.C4H3NO2/c1(3-5-9-15-21-17-11-7-12-18-21)2-4-6-10-16-22-19-13-8-14-20-22;6-3-1-2-4(7)5-3/h7-8,11-14,17-20H,1-5,9,15-16H2;1-2H,(H,5,6,7). The van der Waals surface area contributed by atoms with Crippen molar-refractivity contribution < 1.29 is 9.59 Å². The van der Waals surface area contributed by atoms with E-state index in [-0.39, 0.29) is 11.8 Å². The van der Waals surface area contributed by atoms with Gasteiger partial charge in [-0.2, -0.15) is 0 Å². The first-order valence-electron chi connectivity index (χ1n) is 10.3. The third-order valence-electron chi connectivity index (χ3n) is 4.50. The Kier molecular flexibility index (Phi) is 10.7. The molecule has 0 bridgehead atoms. The second-order valence-corrected chi connectivity index (χ2v) is 6.96. The number of amides is 2. The predicted octanol–water partition coefficient (Wildman–Crippen LogP) is 5.01. The van der Waals surface area contributed by atoms with Crippen LogP contribution in [0.5, 0.6) is 0 Å². The summed E-state index contributed by atoms with van der Waals surface area (Å²) in [5, 5.41) is 2.03. The molecule has 2 amide bonds. The Labute approximate surface area is 174 Å². The van der Waals surface area contributed by atoms with Crippen LogP contribution >= 0.6 is 0 Å². The van der Waals surface area contributed by atoms with Gasteiger partial charge in [-0.15, -0.1) is 5.92 Å². The average Bonchev–Trinajstić information content (AvgIpc) is 3.14. The summed E-state index contributed by atoms with van der Waals surface area (Å²) in [6.07, 6.45) is 12.1. The van der Waals surface area contributed by atoms with Crippen LogP contribution in [0, 0.1) is 11.8 Å². The second kappa shape index (κ2) is 14.0. The lowest BCUT2D eigenvalue weighted by molar-refractivity contribution is -0.123. The average molecular weight is 388 g/mol. The first-order valence-corrected chi connectivity index (χ1v) is 10.3. The summed E-state index contributed by atoms with van der Waals surface area (Å²) in [6, 6.07) is 21.3. The molecule has 2 aromatic rings. The maximum atomic E-state index is 10.0. The first kappa shape index (κ1) is 22.2. The van der Waals surface area contributed by atoms with E-state index < -0.39 is 0 Å². The van der Waals surface area contributed by atoms with E-state index in [2.05, 4.69) is 72.5 Å². The van der Waals surface area contributed by atoms with E-state index in [1.54, 1.807) is 0 Å². The molecule has 0 unspecified atom stereocenters. The van der Waals surface area contributed by atoms with Crippen LogP contribution < -0.4 is 5.32 Å². The molecule has 3 nitrogen and oxygen atoms in total. The van der Waals surface area contributed by atoms with Gasteiger partial charge < -0.3 is 0 Å². The van der Waals surface area contributed by atoms with Crippen molar-refractivity contribution in [1.82, 2.24) is 5.32 Å². The number of hydrogen-bond donors (Lipinski definition) is 1. The van der Waals surface area contributed by atoms with E-state index in [1.807, 2.05) is 5.32 Å². The highest BCUT2D eigenvalue weighted by Crippen LogP contribution is 2.09. The van der Waals surface area contributed by atoms with Crippen LogP contribution in [0.25, 0.3) is 0 Å². The van der Waals surface area contributed by atoms with E-state index >= 15 is 0 Å². The van der Waals surface area contributed by atoms with E-state index in [0.29, 0.717) is 0 Å². The van der Waals surface area contributed by atoms with E-state index in [1.165, 1.54) is 61.8 Å². The largest absolute Gasteiger partial charge is 0.289 e. The van der Waals surface area contributed by atoms with Crippen LogP contribution in [0.2, 0.25) is 0 Å². The minimum absolute atomic E-state index is 0.329. The van der Waals surface area contributed by atoms with Crippen molar-refractivity contribution in [2.24, 2.45) is 0 Å². The highest BCUT2D eigenvalue weighted by atomic mass is 16.2. The van der Waals surface area contributed by atoms with Gasteiger partial charge in [0.1, 0.15) is 0 Å². The summed E-state index contributed by atoms with van der Waals surface area (Å²) in [4.78, 5) is 20.1. The van der Waals surface area contributed by atoms with Crippen LogP contribution in [0.4, 0.5) is 0 Å². The van der Waals surface area contributed by atoms with Crippen molar-refractivity contribution in [3.63, 3.8) is 0 Å². The molecular weight excluding hydrogens is 358 g/mol. The molecule has 0 atom stereocenters. The van der Waals surface area contributed by atoms with Gasteiger partial charge in [-0.25, -0.2) is 0 Å². The molecule has 1 heterocycles. The lowest BCUT2D eigenvalue weighted by Gasteiger charge is -2.01. The number of rotatable bonds is 8. The van der Waals surface area contributed by atoms with E-state index in [0.717, 1.165) is 12.8 Å². The first-order chi connectivity index (χ1) is 14.2. The summed E-state index contributed by atoms with van der Waals surface area (Å²) in [5.41, 5.74) is 2.78. The number of benzene rings is 2. The Hall–Kier alpha value is -3.12. The minimum Gasteiger partial charge on any atom is -0.289 e. The van der Waals surface area contributed by atoms with Crippen molar-refractivity contribution in [2.75, 3.05) is 0 Å². The molecule has 3 heteroatoms. The molecule has 0 saturated heterocycles. The zero-order valence-electron chi connectivity index (χ0n) is 16.9.